The van der Waals surface area contributed by atoms with E-state index in [0.717, 1.165) is 6.42 Å². The van der Waals surface area contributed by atoms with E-state index in [-0.39, 0.29) is 17.4 Å². The van der Waals surface area contributed by atoms with E-state index in [1.165, 1.54) is 0 Å². The van der Waals surface area contributed by atoms with Gasteiger partial charge in [-0.3, -0.25) is 9.59 Å². The molecule has 0 saturated carbocycles. The Labute approximate surface area is 148 Å². The number of rotatable bonds is 4. The summed E-state index contributed by atoms with van der Waals surface area (Å²) in [5.74, 6) is -0.505. The lowest BCUT2D eigenvalue weighted by atomic mass is 10.2. The van der Waals surface area contributed by atoms with Crippen LogP contribution < -0.4 is 5.32 Å². The predicted octanol–water partition coefficient (Wildman–Crippen LogP) is 2.28. The fourth-order valence-corrected chi connectivity index (χ4v) is 4.50. The second-order valence-electron chi connectivity index (χ2n) is 5.93. The number of ether oxygens (including phenoxy) is 1. The first kappa shape index (κ1) is 17.1. The second-order valence-corrected chi connectivity index (χ2v) is 7.87. The number of hydrogen-bond acceptors (Lipinski definition) is 5. The first-order chi connectivity index (χ1) is 11.4. The Bertz CT molecular complexity index is 681. The van der Waals surface area contributed by atoms with Crippen LogP contribution in [0, 0.1) is 0 Å². The molecule has 2 saturated heterocycles. The van der Waals surface area contributed by atoms with E-state index < -0.39 is 17.9 Å². The zero-order chi connectivity index (χ0) is 17.3. The summed E-state index contributed by atoms with van der Waals surface area (Å²) in [6.45, 7) is 1.57. The van der Waals surface area contributed by atoms with Gasteiger partial charge in [-0.2, -0.15) is 0 Å². The molecule has 3 rings (SSSR count). The van der Waals surface area contributed by atoms with Gasteiger partial charge in [0.2, 0.25) is 5.91 Å². The average molecular weight is 369 g/mol. The second kappa shape index (κ2) is 6.64. The van der Waals surface area contributed by atoms with Crippen molar-refractivity contribution in [3.05, 3.63) is 29.3 Å². The molecule has 2 amide bonds. The van der Waals surface area contributed by atoms with Crippen molar-refractivity contribution in [2.24, 2.45) is 0 Å². The average Bonchev–Trinajstić information content (AvgIpc) is 3.04. The van der Waals surface area contributed by atoms with E-state index in [9.17, 15) is 14.4 Å². The highest BCUT2D eigenvalue weighted by atomic mass is 35.5. The number of nitrogens with one attached hydrogen (secondary N) is 1. The van der Waals surface area contributed by atoms with Crippen LogP contribution in [0.4, 0.5) is 5.69 Å². The quantitative estimate of drug-likeness (QED) is 0.825. The molecule has 0 bridgehead atoms. The molecule has 2 heterocycles. The van der Waals surface area contributed by atoms with Gasteiger partial charge in [0.05, 0.1) is 4.87 Å². The van der Waals surface area contributed by atoms with Crippen molar-refractivity contribution in [2.75, 3.05) is 17.7 Å². The van der Waals surface area contributed by atoms with Crippen LogP contribution in [0.3, 0.4) is 0 Å². The minimum absolute atomic E-state index is 0.0323. The maximum atomic E-state index is 12.3. The normalized spacial score (nSPS) is 25.5. The molecular weight excluding hydrogens is 352 g/mol. The molecule has 24 heavy (non-hydrogen) atoms. The third kappa shape index (κ3) is 3.37. The highest BCUT2D eigenvalue weighted by molar-refractivity contribution is 8.01. The van der Waals surface area contributed by atoms with Gasteiger partial charge in [-0.25, -0.2) is 4.79 Å². The van der Waals surface area contributed by atoms with Crippen LogP contribution in [-0.2, 0) is 19.1 Å². The largest absolute Gasteiger partial charge is 0.454 e. The summed E-state index contributed by atoms with van der Waals surface area (Å²) >= 11 is 7.36. The lowest BCUT2D eigenvalue weighted by molar-refractivity contribution is -0.155. The van der Waals surface area contributed by atoms with Crippen LogP contribution in [-0.4, -0.2) is 46.0 Å². The smallest absolute Gasteiger partial charge is 0.330 e. The van der Waals surface area contributed by atoms with E-state index in [2.05, 4.69) is 5.32 Å². The number of nitrogens with zero attached hydrogens (tertiary/aromatic N) is 1. The van der Waals surface area contributed by atoms with Gasteiger partial charge < -0.3 is 15.0 Å². The Morgan fingerprint density at radius 1 is 1.42 bits per heavy atom. The molecule has 128 valence electrons. The highest BCUT2D eigenvalue weighted by Gasteiger charge is 2.53. The summed E-state index contributed by atoms with van der Waals surface area (Å²) in [4.78, 5) is 37.4. The molecule has 2 aliphatic heterocycles. The molecular formula is C16H17ClN2O4S. The van der Waals surface area contributed by atoms with Gasteiger partial charge in [0.25, 0.3) is 5.91 Å². The first-order valence-electron chi connectivity index (χ1n) is 7.57. The number of hydrogen-bond donors (Lipinski definition) is 1. The molecule has 0 spiro atoms. The Morgan fingerprint density at radius 2 is 2.12 bits per heavy atom. The topological polar surface area (TPSA) is 75.7 Å². The minimum Gasteiger partial charge on any atom is -0.454 e. The van der Waals surface area contributed by atoms with Gasteiger partial charge >= 0.3 is 5.97 Å². The van der Waals surface area contributed by atoms with Crippen LogP contribution in [0.15, 0.2) is 24.3 Å². The minimum atomic E-state index is -0.613. The monoisotopic (exact) mass is 368 g/mol. The van der Waals surface area contributed by atoms with Gasteiger partial charge in [-0.15, -0.1) is 11.8 Å². The van der Waals surface area contributed by atoms with Crippen molar-refractivity contribution in [3.8, 4) is 0 Å². The number of anilines is 1. The van der Waals surface area contributed by atoms with E-state index >= 15 is 0 Å². The Morgan fingerprint density at radius 3 is 2.83 bits per heavy atom. The molecule has 1 N–H and O–H groups in total. The maximum absolute atomic E-state index is 12.3. The summed E-state index contributed by atoms with van der Waals surface area (Å²) in [6, 6.07) is 6.00. The molecule has 0 radical (unpaired) electrons. The first-order valence-corrected chi connectivity index (χ1v) is 8.93. The summed E-state index contributed by atoms with van der Waals surface area (Å²) in [7, 11) is 0. The third-order valence-electron chi connectivity index (χ3n) is 4.19. The van der Waals surface area contributed by atoms with E-state index in [1.807, 2.05) is 6.92 Å². The lowest BCUT2D eigenvalue weighted by Crippen LogP contribution is -2.47. The molecule has 1 aromatic rings. The summed E-state index contributed by atoms with van der Waals surface area (Å²) in [6.07, 6.45) is 1.18. The fraction of sp³-hybridized carbons (Fsp3) is 0.438. The number of amides is 2. The zero-order valence-corrected chi connectivity index (χ0v) is 14.7. The van der Waals surface area contributed by atoms with Crippen LogP contribution in [0.1, 0.15) is 19.8 Å². The van der Waals surface area contributed by atoms with Crippen LogP contribution in [0.25, 0.3) is 0 Å². The van der Waals surface area contributed by atoms with E-state index in [0.29, 0.717) is 22.9 Å². The Balaban J connectivity index is 1.53. The summed E-state index contributed by atoms with van der Waals surface area (Å²) < 4.78 is 5.10. The van der Waals surface area contributed by atoms with Crippen molar-refractivity contribution >= 4 is 46.8 Å². The number of esters is 1. The molecule has 2 fully saturated rings. The zero-order valence-electron chi connectivity index (χ0n) is 13.1. The summed E-state index contributed by atoms with van der Waals surface area (Å²) in [5.41, 5.74) is 0.569. The van der Waals surface area contributed by atoms with E-state index in [4.69, 9.17) is 16.3 Å². The summed E-state index contributed by atoms with van der Waals surface area (Å²) in [5, 5.41) is 3.18. The van der Waals surface area contributed by atoms with E-state index in [1.54, 1.807) is 40.9 Å². The molecule has 2 aliphatic rings. The fourth-order valence-electron chi connectivity index (χ4n) is 2.96. The third-order valence-corrected chi connectivity index (χ3v) is 5.95. The number of carbonyl (C=O) groups is 3. The van der Waals surface area contributed by atoms with Crippen molar-refractivity contribution in [2.45, 2.75) is 30.7 Å². The van der Waals surface area contributed by atoms with Gasteiger partial charge in [0, 0.05) is 22.9 Å². The molecule has 1 aromatic carbocycles. The number of fused-ring (bicyclic) bond motifs is 1. The number of thioether (sulfide) groups is 1. The van der Waals surface area contributed by atoms with Gasteiger partial charge in [-0.05, 0) is 37.6 Å². The van der Waals surface area contributed by atoms with Crippen LogP contribution in [0.5, 0.6) is 0 Å². The van der Waals surface area contributed by atoms with Crippen molar-refractivity contribution in [3.63, 3.8) is 0 Å². The van der Waals surface area contributed by atoms with Gasteiger partial charge in [0.1, 0.15) is 6.04 Å². The van der Waals surface area contributed by atoms with Crippen molar-refractivity contribution < 1.29 is 19.1 Å². The van der Waals surface area contributed by atoms with Crippen molar-refractivity contribution in [1.82, 2.24) is 4.90 Å². The van der Waals surface area contributed by atoms with Gasteiger partial charge in [-0.1, -0.05) is 11.6 Å². The Kier molecular flexibility index (Phi) is 4.73. The van der Waals surface area contributed by atoms with Crippen molar-refractivity contribution in [1.29, 1.82) is 0 Å². The molecule has 0 aromatic heterocycles. The van der Waals surface area contributed by atoms with Crippen LogP contribution in [0.2, 0.25) is 5.02 Å². The lowest BCUT2D eigenvalue weighted by Gasteiger charge is -2.29. The SMILES string of the molecule is C[C@@]12CCC(=O)N1[C@@H](C(=O)OCC(=O)Nc1ccc(Cl)cc1)CS2. The highest BCUT2D eigenvalue weighted by Crippen LogP contribution is 2.47. The predicted molar refractivity (Wildman–Crippen MR) is 91.8 cm³/mol. The Hall–Kier alpha value is -1.73. The molecule has 6 nitrogen and oxygen atoms in total. The molecule has 2 atom stereocenters. The molecule has 0 unspecified atom stereocenters. The number of carbonyl (C=O) groups excluding carboxylic acids is 3. The molecule has 0 aliphatic carbocycles. The standard InChI is InChI=1S/C16H17ClN2O4S/c1-16-7-6-14(21)19(16)12(9-24-16)15(22)23-8-13(20)18-11-4-2-10(17)3-5-11/h2-5,12H,6-9H2,1H3,(H,18,20)/t12-,16-/m1/s1. The number of halogens is 1. The maximum Gasteiger partial charge on any atom is 0.330 e. The van der Waals surface area contributed by atoms with Crippen LogP contribution >= 0.6 is 23.4 Å². The number of benzene rings is 1. The van der Waals surface area contributed by atoms with Gasteiger partial charge in [0.15, 0.2) is 6.61 Å². The molecule has 8 heteroatoms.